The number of rotatable bonds is 1. The summed E-state index contributed by atoms with van der Waals surface area (Å²) in [5.41, 5.74) is 6.96. The van der Waals surface area contributed by atoms with E-state index in [2.05, 4.69) is 14.9 Å². The van der Waals surface area contributed by atoms with Crippen LogP contribution in [0.1, 0.15) is 12.8 Å². The summed E-state index contributed by atoms with van der Waals surface area (Å²) in [4.78, 5) is 10.2. The van der Waals surface area contributed by atoms with Crippen molar-refractivity contribution in [3.63, 3.8) is 0 Å². The fourth-order valence-corrected chi connectivity index (χ4v) is 1.70. The lowest BCUT2D eigenvalue weighted by atomic mass is 10.1. The fraction of sp³-hybridized carbons (Fsp3) is 0.556. The van der Waals surface area contributed by atoms with E-state index in [9.17, 15) is 0 Å². The fourth-order valence-electron chi connectivity index (χ4n) is 1.70. The molecule has 1 unspecified atom stereocenters. The molecule has 1 fully saturated rings. The lowest BCUT2D eigenvalue weighted by Gasteiger charge is -2.31. The lowest BCUT2D eigenvalue weighted by molar-refractivity contribution is 0.505. The highest BCUT2D eigenvalue weighted by atomic mass is 15.2. The molecule has 4 nitrogen and oxygen atoms in total. The average molecular weight is 178 g/mol. The predicted octanol–water partition coefficient (Wildman–Crippen LogP) is 0.404. The summed E-state index contributed by atoms with van der Waals surface area (Å²) >= 11 is 0. The number of nitrogens with zero attached hydrogens (tertiary/aromatic N) is 3. The Hall–Kier alpha value is -1.16. The normalized spacial score (nSPS) is 23.2. The molecular formula is C9H14N4. The predicted molar refractivity (Wildman–Crippen MR) is 51.5 cm³/mol. The number of nitrogens with two attached hydrogens (primary N) is 1. The minimum Gasteiger partial charge on any atom is -0.367 e. The standard InChI is InChI=1S/C9H14N4/c10-8-2-1-3-13(6-8)9-4-11-7-12-5-9/h4-5,7-8H,1-3,6,10H2. The first-order chi connectivity index (χ1) is 6.36. The summed E-state index contributed by atoms with van der Waals surface area (Å²) < 4.78 is 0. The molecule has 1 aromatic rings. The minimum absolute atomic E-state index is 0.300. The molecule has 0 aromatic carbocycles. The van der Waals surface area contributed by atoms with Crippen molar-refractivity contribution in [3.05, 3.63) is 18.7 Å². The Balaban J connectivity index is 2.08. The number of piperidine rings is 1. The van der Waals surface area contributed by atoms with Crippen LogP contribution in [0.2, 0.25) is 0 Å². The van der Waals surface area contributed by atoms with Crippen molar-refractivity contribution in [2.75, 3.05) is 18.0 Å². The largest absolute Gasteiger partial charge is 0.367 e. The summed E-state index contributed by atoms with van der Waals surface area (Å²) in [5.74, 6) is 0. The summed E-state index contributed by atoms with van der Waals surface area (Å²) in [6.07, 6.45) is 7.52. The first-order valence-corrected chi connectivity index (χ1v) is 4.62. The molecule has 0 spiro atoms. The molecule has 0 radical (unpaired) electrons. The van der Waals surface area contributed by atoms with E-state index in [1.165, 1.54) is 0 Å². The molecular weight excluding hydrogens is 164 g/mol. The van der Waals surface area contributed by atoms with E-state index in [0.29, 0.717) is 6.04 Å². The number of anilines is 1. The van der Waals surface area contributed by atoms with Crippen LogP contribution in [0, 0.1) is 0 Å². The molecule has 2 heterocycles. The molecule has 0 amide bonds. The first kappa shape index (κ1) is 8.44. The van der Waals surface area contributed by atoms with Crippen molar-refractivity contribution in [1.29, 1.82) is 0 Å². The summed E-state index contributed by atoms with van der Waals surface area (Å²) in [6, 6.07) is 0.300. The highest BCUT2D eigenvalue weighted by molar-refractivity contribution is 5.42. The second kappa shape index (κ2) is 3.70. The van der Waals surface area contributed by atoms with Gasteiger partial charge >= 0.3 is 0 Å². The summed E-state index contributed by atoms with van der Waals surface area (Å²) in [5, 5.41) is 0. The van der Waals surface area contributed by atoms with Gasteiger partial charge in [-0.05, 0) is 12.8 Å². The monoisotopic (exact) mass is 178 g/mol. The van der Waals surface area contributed by atoms with Gasteiger partial charge in [-0.2, -0.15) is 0 Å². The maximum absolute atomic E-state index is 5.88. The zero-order valence-electron chi connectivity index (χ0n) is 7.56. The zero-order valence-corrected chi connectivity index (χ0v) is 7.56. The Kier molecular flexibility index (Phi) is 2.40. The van der Waals surface area contributed by atoms with E-state index in [1.807, 2.05) is 12.4 Å². The minimum atomic E-state index is 0.300. The molecule has 1 aliphatic heterocycles. The quantitative estimate of drug-likeness (QED) is 0.676. The molecule has 70 valence electrons. The van der Waals surface area contributed by atoms with E-state index < -0.39 is 0 Å². The smallest absolute Gasteiger partial charge is 0.115 e. The van der Waals surface area contributed by atoms with Crippen LogP contribution in [0.3, 0.4) is 0 Å². The number of hydrogen-bond acceptors (Lipinski definition) is 4. The molecule has 2 rings (SSSR count). The van der Waals surface area contributed by atoms with Crippen molar-refractivity contribution in [3.8, 4) is 0 Å². The molecule has 1 saturated heterocycles. The van der Waals surface area contributed by atoms with Crippen molar-refractivity contribution in [1.82, 2.24) is 9.97 Å². The van der Waals surface area contributed by atoms with Crippen LogP contribution in [0.25, 0.3) is 0 Å². The maximum Gasteiger partial charge on any atom is 0.115 e. The van der Waals surface area contributed by atoms with Crippen molar-refractivity contribution >= 4 is 5.69 Å². The molecule has 1 aromatic heterocycles. The third-order valence-corrected chi connectivity index (χ3v) is 2.37. The van der Waals surface area contributed by atoms with Gasteiger partial charge in [0.25, 0.3) is 0 Å². The second-order valence-electron chi connectivity index (χ2n) is 3.45. The third kappa shape index (κ3) is 1.95. The van der Waals surface area contributed by atoms with Gasteiger partial charge in [-0.25, -0.2) is 9.97 Å². The number of hydrogen-bond donors (Lipinski definition) is 1. The van der Waals surface area contributed by atoms with Gasteiger partial charge in [-0.15, -0.1) is 0 Å². The second-order valence-corrected chi connectivity index (χ2v) is 3.45. The van der Waals surface area contributed by atoms with Crippen LogP contribution in [-0.4, -0.2) is 29.1 Å². The summed E-state index contributed by atoms with van der Waals surface area (Å²) in [6.45, 7) is 1.99. The molecule has 2 N–H and O–H groups in total. The Labute approximate surface area is 77.8 Å². The Bertz CT molecular complexity index is 262. The van der Waals surface area contributed by atoms with Gasteiger partial charge in [-0.1, -0.05) is 0 Å². The molecule has 0 bridgehead atoms. The highest BCUT2D eigenvalue weighted by Crippen LogP contribution is 2.16. The van der Waals surface area contributed by atoms with Crippen molar-refractivity contribution in [2.45, 2.75) is 18.9 Å². The van der Waals surface area contributed by atoms with Gasteiger partial charge < -0.3 is 10.6 Å². The molecule has 1 aliphatic rings. The summed E-state index contributed by atoms with van der Waals surface area (Å²) in [7, 11) is 0. The Morgan fingerprint density at radius 2 is 2.15 bits per heavy atom. The van der Waals surface area contributed by atoms with Gasteiger partial charge in [0.2, 0.25) is 0 Å². The van der Waals surface area contributed by atoms with Crippen LogP contribution in [0.15, 0.2) is 18.7 Å². The van der Waals surface area contributed by atoms with Gasteiger partial charge in [0, 0.05) is 19.1 Å². The highest BCUT2D eigenvalue weighted by Gasteiger charge is 2.16. The van der Waals surface area contributed by atoms with E-state index >= 15 is 0 Å². The molecule has 1 atom stereocenters. The van der Waals surface area contributed by atoms with Crippen molar-refractivity contribution in [2.24, 2.45) is 5.73 Å². The molecule has 0 saturated carbocycles. The molecule has 0 aliphatic carbocycles. The van der Waals surface area contributed by atoms with E-state index in [4.69, 9.17) is 5.73 Å². The van der Waals surface area contributed by atoms with Crippen LogP contribution in [0.4, 0.5) is 5.69 Å². The SMILES string of the molecule is NC1CCCN(c2cncnc2)C1. The topological polar surface area (TPSA) is 55.0 Å². The van der Waals surface area contributed by atoms with Gasteiger partial charge in [0.05, 0.1) is 18.1 Å². The third-order valence-electron chi connectivity index (χ3n) is 2.37. The average Bonchev–Trinajstić information content (AvgIpc) is 2.19. The van der Waals surface area contributed by atoms with Crippen LogP contribution in [-0.2, 0) is 0 Å². The van der Waals surface area contributed by atoms with E-state index in [0.717, 1.165) is 31.6 Å². The van der Waals surface area contributed by atoms with Gasteiger partial charge in [0.15, 0.2) is 0 Å². The molecule has 13 heavy (non-hydrogen) atoms. The van der Waals surface area contributed by atoms with Crippen LogP contribution >= 0.6 is 0 Å². The van der Waals surface area contributed by atoms with E-state index in [-0.39, 0.29) is 0 Å². The first-order valence-electron chi connectivity index (χ1n) is 4.62. The Morgan fingerprint density at radius 3 is 2.85 bits per heavy atom. The van der Waals surface area contributed by atoms with Gasteiger partial charge in [-0.3, -0.25) is 0 Å². The lowest BCUT2D eigenvalue weighted by Crippen LogP contribution is -2.42. The zero-order chi connectivity index (χ0) is 9.10. The maximum atomic E-state index is 5.88. The molecule has 4 heteroatoms. The number of aromatic nitrogens is 2. The Morgan fingerprint density at radius 1 is 1.38 bits per heavy atom. The van der Waals surface area contributed by atoms with Gasteiger partial charge in [0.1, 0.15) is 6.33 Å². The van der Waals surface area contributed by atoms with Crippen LogP contribution < -0.4 is 10.6 Å². The van der Waals surface area contributed by atoms with Crippen molar-refractivity contribution < 1.29 is 0 Å². The van der Waals surface area contributed by atoms with E-state index in [1.54, 1.807) is 6.33 Å². The van der Waals surface area contributed by atoms with Crippen LogP contribution in [0.5, 0.6) is 0 Å².